The van der Waals surface area contributed by atoms with E-state index in [1.807, 2.05) is 69.3 Å². The van der Waals surface area contributed by atoms with Crippen LogP contribution in [-0.4, -0.2) is 176 Å². The predicted octanol–water partition coefficient (Wildman–Crippen LogP) is 4.38. The number of cyclic esters (lactones) is 1. The molecule has 386 valence electrons. The van der Waals surface area contributed by atoms with Crippen molar-refractivity contribution in [1.29, 1.82) is 0 Å². The van der Waals surface area contributed by atoms with Gasteiger partial charge in [-0.15, -0.1) is 0 Å². The van der Waals surface area contributed by atoms with Crippen LogP contribution in [0.1, 0.15) is 73.6 Å². The number of aldehydes is 1. The lowest BCUT2D eigenvalue weighted by atomic mass is 9.79. The Morgan fingerprint density at radius 1 is 0.913 bits per heavy atom. The van der Waals surface area contributed by atoms with Crippen molar-refractivity contribution in [2.45, 2.75) is 153 Å². The Kier molecular flexibility index (Phi) is 22.0. The van der Waals surface area contributed by atoms with Crippen LogP contribution in [0, 0.1) is 23.7 Å². The summed E-state index contributed by atoms with van der Waals surface area (Å²) in [7, 11) is 6.44. The number of pyridine rings is 1. The van der Waals surface area contributed by atoms with E-state index in [0.717, 1.165) is 22.8 Å². The normalized spacial score (nSPS) is 37.2. The third-order valence-electron chi connectivity index (χ3n) is 13.5. The van der Waals surface area contributed by atoms with Crippen molar-refractivity contribution in [3.63, 3.8) is 0 Å². The molecule has 2 unspecified atom stereocenters. The van der Waals surface area contributed by atoms with Gasteiger partial charge in [0.2, 0.25) is 0 Å². The van der Waals surface area contributed by atoms with Crippen LogP contribution in [0.25, 0.3) is 10.9 Å². The number of likely N-dealkylation sites (N-methyl/N-ethyl adjacent to an activating group) is 1. The SMILES string of the molecule is CC[C@H]1OC(=O)C[C@@H](O)C(C)[C@@H](O[C@H]2O[C@@H](C)[C@H](O)[C@@H](N(C)C)[C@@H]2O)[C@@H](CC=O)C[C@@H](C)C(=N\OCCCOc2ccc3ncccc3c2)/C=C/C(C)=C/C1CO[C@H]1O[C@@H](C)[C@H](O)[C@H](OC)[C@@H]1OC. The van der Waals surface area contributed by atoms with Crippen LogP contribution in [-0.2, 0) is 47.6 Å². The Labute approximate surface area is 406 Å². The molecule has 2 fully saturated rings. The molecule has 0 amide bonds. The van der Waals surface area contributed by atoms with Crippen LogP contribution in [0.3, 0.4) is 0 Å². The largest absolute Gasteiger partial charge is 0.493 e. The van der Waals surface area contributed by atoms with Crippen LogP contribution in [0.2, 0.25) is 0 Å². The Bertz CT molecular complexity index is 2000. The highest BCUT2D eigenvalue weighted by atomic mass is 16.7. The van der Waals surface area contributed by atoms with Gasteiger partial charge in [0.1, 0.15) is 49.2 Å². The maximum absolute atomic E-state index is 13.8. The second-order valence-corrected chi connectivity index (χ2v) is 18.9. The summed E-state index contributed by atoms with van der Waals surface area (Å²) in [5.74, 6) is -2.21. The molecule has 3 aliphatic heterocycles. The van der Waals surface area contributed by atoms with E-state index < -0.39 is 110 Å². The first-order chi connectivity index (χ1) is 33.0. The predicted molar refractivity (Wildman–Crippen MR) is 256 cm³/mol. The lowest BCUT2D eigenvalue weighted by molar-refractivity contribution is -0.304. The lowest BCUT2D eigenvalue weighted by Gasteiger charge is -2.46. The minimum Gasteiger partial charge on any atom is -0.493 e. The van der Waals surface area contributed by atoms with Crippen molar-refractivity contribution in [2.75, 3.05) is 48.1 Å². The molecular weight excluding hydrogens is 895 g/mol. The third kappa shape index (κ3) is 15.1. The summed E-state index contributed by atoms with van der Waals surface area (Å²) in [4.78, 5) is 38.3. The van der Waals surface area contributed by atoms with E-state index in [1.54, 1.807) is 46.0 Å². The number of hydrogen-bond donors (Lipinski definition) is 4. The van der Waals surface area contributed by atoms with Gasteiger partial charge >= 0.3 is 5.97 Å². The van der Waals surface area contributed by atoms with E-state index in [1.165, 1.54) is 14.2 Å². The maximum Gasteiger partial charge on any atom is 0.308 e. The van der Waals surface area contributed by atoms with Gasteiger partial charge in [-0.3, -0.25) is 9.78 Å². The lowest BCUT2D eigenvalue weighted by Crippen LogP contribution is -2.63. The van der Waals surface area contributed by atoms with E-state index in [-0.39, 0.29) is 25.6 Å². The monoisotopic (exact) mass is 972 g/mol. The molecule has 18 nitrogen and oxygen atoms in total. The van der Waals surface area contributed by atoms with Gasteiger partial charge in [-0.1, -0.05) is 49.7 Å². The third-order valence-corrected chi connectivity index (χ3v) is 13.5. The van der Waals surface area contributed by atoms with Crippen molar-refractivity contribution in [2.24, 2.45) is 28.8 Å². The molecule has 0 saturated carbocycles. The molecule has 18 heteroatoms. The molecule has 1 aromatic heterocycles. The number of allylic oxidation sites excluding steroid dienone is 3. The van der Waals surface area contributed by atoms with Gasteiger partial charge in [-0.25, -0.2) is 0 Å². The molecule has 69 heavy (non-hydrogen) atoms. The van der Waals surface area contributed by atoms with Crippen molar-refractivity contribution in [3.8, 4) is 5.75 Å². The first kappa shape index (κ1) is 56.0. The number of fused-ring (bicyclic) bond motifs is 1. The minimum atomic E-state index is -1.32. The molecule has 1 aromatic carbocycles. The smallest absolute Gasteiger partial charge is 0.308 e. The summed E-state index contributed by atoms with van der Waals surface area (Å²) in [5.41, 5.74) is 2.22. The number of carbonyl (C=O) groups excluding carboxylic acids is 2. The zero-order valence-corrected chi connectivity index (χ0v) is 41.9. The molecule has 0 spiro atoms. The zero-order chi connectivity index (χ0) is 50.4. The summed E-state index contributed by atoms with van der Waals surface area (Å²) in [6.07, 6.45) is -2.29. The molecule has 0 aliphatic carbocycles. The van der Waals surface area contributed by atoms with Crippen molar-refractivity contribution in [3.05, 3.63) is 60.3 Å². The number of rotatable bonds is 17. The Hall–Kier alpha value is -3.92. The molecule has 17 atom stereocenters. The quantitative estimate of drug-likeness (QED) is 0.0747. The highest BCUT2D eigenvalue weighted by molar-refractivity contribution is 5.96. The van der Waals surface area contributed by atoms with Gasteiger partial charge in [-0.05, 0) is 84.0 Å². The number of esters is 1. The van der Waals surface area contributed by atoms with Crippen molar-refractivity contribution >= 4 is 28.9 Å². The summed E-state index contributed by atoms with van der Waals surface area (Å²) in [6.45, 7) is 11.5. The molecule has 0 radical (unpaired) electrons. The fourth-order valence-corrected chi connectivity index (χ4v) is 9.46. The standard InChI is InChI=1S/C51H77N3O15/c1-11-41-36(28-64-51-49(62-10)48(61-9)45(59)33(6)67-51)24-29(2)15-17-38(53-65-23-13-22-63-37-16-18-39-34(26-37)14-12-20-52-39)30(3)25-35(19-21-55)47(31(4)40(56)27-42(57)68-41)69-50-46(60)43(54(7)8)44(58)32(5)66-50/h12,14-18,20-21,24,26,30-33,35-36,40-41,43-51,56,58-60H,11,13,19,22-23,25,27-28H2,1-10H3/b17-15+,29-24+,53-38-/t30-,31?,32+,33+,35+,36?,40-,41-,43-,44+,45+,46+,47-,48+,49+,50-,51+/m1/s1. The van der Waals surface area contributed by atoms with E-state index in [4.69, 9.17) is 42.7 Å². The van der Waals surface area contributed by atoms with Gasteiger partial charge in [0.25, 0.3) is 0 Å². The summed E-state index contributed by atoms with van der Waals surface area (Å²) in [5, 5.41) is 50.8. The molecule has 5 rings (SSSR count). The molecule has 2 aromatic rings. The summed E-state index contributed by atoms with van der Waals surface area (Å²) in [6, 6.07) is 8.83. The number of ether oxygens (including phenoxy) is 8. The van der Waals surface area contributed by atoms with E-state index >= 15 is 0 Å². The molecular formula is C51H77N3O15. The van der Waals surface area contributed by atoms with Crippen LogP contribution in [0.4, 0.5) is 0 Å². The number of aliphatic hydroxyl groups excluding tert-OH is 4. The summed E-state index contributed by atoms with van der Waals surface area (Å²) >= 11 is 0. The molecule has 4 N–H and O–H groups in total. The van der Waals surface area contributed by atoms with Crippen LogP contribution < -0.4 is 4.74 Å². The van der Waals surface area contributed by atoms with Crippen molar-refractivity contribution < 1.29 is 72.7 Å². The molecule has 4 heterocycles. The van der Waals surface area contributed by atoms with Gasteiger partial charge < -0.3 is 72.9 Å². The molecule has 0 bridgehead atoms. The second-order valence-electron chi connectivity index (χ2n) is 18.9. The number of aliphatic hydroxyl groups is 4. The highest BCUT2D eigenvalue weighted by Crippen LogP contribution is 2.35. The number of nitrogens with zero attached hydrogens (tertiary/aromatic N) is 3. The number of benzene rings is 1. The number of aromatic nitrogens is 1. The van der Waals surface area contributed by atoms with E-state index in [9.17, 15) is 30.0 Å². The molecule has 3 aliphatic rings. The van der Waals surface area contributed by atoms with Crippen LogP contribution in [0.5, 0.6) is 5.75 Å². The Morgan fingerprint density at radius 3 is 2.33 bits per heavy atom. The average Bonchev–Trinajstić information content (AvgIpc) is 3.32. The van der Waals surface area contributed by atoms with Gasteiger partial charge in [0.05, 0.1) is 67.4 Å². The molecule has 2 saturated heterocycles. The van der Waals surface area contributed by atoms with Gasteiger partial charge in [0.15, 0.2) is 12.6 Å². The maximum atomic E-state index is 13.8. The zero-order valence-electron chi connectivity index (χ0n) is 41.9. The number of carbonyl (C=O) groups is 2. The average molecular weight is 972 g/mol. The van der Waals surface area contributed by atoms with Gasteiger partial charge in [0, 0.05) is 56.4 Å². The number of hydrogen-bond acceptors (Lipinski definition) is 18. The Balaban J connectivity index is 1.46. The fourth-order valence-electron chi connectivity index (χ4n) is 9.46. The van der Waals surface area contributed by atoms with Crippen LogP contribution >= 0.6 is 0 Å². The summed E-state index contributed by atoms with van der Waals surface area (Å²) < 4.78 is 48.6. The first-order valence-electron chi connectivity index (χ1n) is 24.2. The number of methoxy groups -OCH3 is 2. The fraction of sp³-hybridized carbons (Fsp3) is 0.686. The van der Waals surface area contributed by atoms with Crippen LogP contribution in [0.15, 0.2) is 65.5 Å². The van der Waals surface area contributed by atoms with Crippen molar-refractivity contribution in [1.82, 2.24) is 9.88 Å². The van der Waals surface area contributed by atoms with E-state index in [2.05, 4.69) is 10.1 Å². The number of oxime groups is 1. The topological polar surface area (TPSA) is 227 Å². The van der Waals surface area contributed by atoms with Gasteiger partial charge in [-0.2, -0.15) is 0 Å². The Morgan fingerprint density at radius 2 is 1.64 bits per heavy atom. The van der Waals surface area contributed by atoms with E-state index in [0.29, 0.717) is 37.3 Å². The first-order valence-corrected chi connectivity index (χ1v) is 24.2. The minimum absolute atomic E-state index is 0.00463. The highest BCUT2D eigenvalue weighted by Gasteiger charge is 2.48. The second kappa shape index (κ2) is 27.1.